The zero-order valence-corrected chi connectivity index (χ0v) is 12.6. The first-order chi connectivity index (χ1) is 11.0. The highest BCUT2D eigenvalue weighted by atomic mass is 19.1. The Morgan fingerprint density at radius 3 is 3.09 bits per heavy atom. The number of aliphatic hydroxyl groups excluding tert-OH is 1. The molecule has 1 aliphatic rings. The van der Waals surface area contributed by atoms with Gasteiger partial charge in [-0.2, -0.15) is 0 Å². The van der Waals surface area contributed by atoms with Crippen molar-refractivity contribution < 1.29 is 19.0 Å². The molecule has 0 bridgehead atoms. The quantitative estimate of drug-likeness (QED) is 0.908. The number of carbonyl (C=O) groups is 1. The minimum atomic E-state index is -0.744. The fourth-order valence-electron chi connectivity index (χ4n) is 2.40. The third kappa shape index (κ3) is 3.31. The Balaban J connectivity index is 1.73. The van der Waals surface area contributed by atoms with Gasteiger partial charge < -0.3 is 14.7 Å². The molecule has 1 aromatic carbocycles. The van der Waals surface area contributed by atoms with Crippen molar-refractivity contribution in [3.05, 3.63) is 41.5 Å². The summed E-state index contributed by atoms with van der Waals surface area (Å²) in [5, 5.41) is 17.0. The molecule has 2 aromatic rings. The van der Waals surface area contributed by atoms with Gasteiger partial charge in [0, 0.05) is 5.56 Å². The van der Waals surface area contributed by atoms with Gasteiger partial charge in [0.15, 0.2) is 0 Å². The van der Waals surface area contributed by atoms with Crippen molar-refractivity contribution in [2.24, 2.45) is 0 Å². The molecule has 0 saturated carbocycles. The van der Waals surface area contributed by atoms with Crippen molar-refractivity contribution >= 4 is 5.91 Å². The van der Waals surface area contributed by atoms with Crippen LogP contribution in [0.15, 0.2) is 24.4 Å². The lowest BCUT2D eigenvalue weighted by Gasteiger charge is -2.19. The van der Waals surface area contributed by atoms with Crippen LogP contribution in [0.2, 0.25) is 0 Å². The second-order valence-electron chi connectivity index (χ2n) is 5.40. The molecular weight excluding hydrogens is 303 g/mol. The van der Waals surface area contributed by atoms with Gasteiger partial charge in [0.25, 0.3) is 0 Å². The van der Waals surface area contributed by atoms with Gasteiger partial charge in [0.1, 0.15) is 30.4 Å². The molecule has 8 heteroatoms. The molecule has 1 atom stereocenters. The van der Waals surface area contributed by atoms with Crippen LogP contribution in [0, 0.1) is 5.82 Å². The van der Waals surface area contributed by atoms with Crippen LogP contribution in [0.3, 0.4) is 0 Å². The van der Waals surface area contributed by atoms with Crippen molar-refractivity contribution in [3.8, 4) is 5.75 Å². The van der Waals surface area contributed by atoms with Gasteiger partial charge in [0.2, 0.25) is 5.91 Å². The average molecular weight is 320 g/mol. The SMILES string of the molecule is CC(O)c1cn(CC(=O)N2CCOc3cccc(F)c3C2)nn1. The number of aliphatic hydroxyl groups is 1. The van der Waals surface area contributed by atoms with E-state index in [4.69, 9.17) is 4.74 Å². The van der Waals surface area contributed by atoms with Crippen LogP contribution in [0.4, 0.5) is 4.39 Å². The first-order valence-corrected chi connectivity index (χ1v) is 7.30. The molecule has 1 N–H and O–H groups in total. The van der Waals surface area contributed by atoms with E-state index in [-0.39, 0.29) is 24.8 Å². The Bertz CT molecular complexity index is 716. The molecule has 0 fully saturated rings. The molecular formula is C15H17FN4O3. The Labute approximate surface area is 132 Å². The molecule has 0 radical (unpaired) electrons. The Hall–Kier alpha value is -2.48. The maximum atomic E-state index is 13.9. The van der Waals surface area contributed by atoms with Gasteiger partial charge in [-0.15, -0.1) is 5.10 Å². The van der Waals surface area contributed by atoms with Crippen molar-refractivity contribution in [1.82, 2.24) is 19.9 Å². The smallest absolute Gasteiger partial charge is 0.244 e. The third-order valence-corrected chi connectivity index (χ3v) is 3.68. The number of aromatic nitrogens is 3. The highest BCUT2D eigenvalue weighted by Gasteiger charge is 2.22. The Morgan fingerprint density at radius 1 is 1.52 bits per heavy atom. The van der Waals surface area contributed by atoms with Gasteiger partial charge in [-0.3, -0.25) is 4.79 Å². The van der Waals surface area contributed by atoms with E-state index in [9.17, 15) is 14.3 Å². The van der Waals surface area contributed by atoms with Crippen LogP contribution in [0.1, 0.15) is 24.3 Å². The van der Waals surface area contributed by atoms with E-state index in [2.05, 4.69) is 10.3 Å². The summed E-state index contributed by atoms with van der Waals surface area (Å²) in [4.78, 5) is 13.9. The Morgan fingerprint density at radius 2 is 2.35 bits per heavy atom. The van der Waals surface area contributed by atoms with Crippen LogP contribution in [0.5, 0.6) is 5.75 Å². The predicted octanol–water partition coefficient (Wildman–Crippen LogP) is 0.892. The van der Waals surface area contributed by atoms with Crippen LogP contribution < -0.4 is 4.74 Å². The lowest BCUT2D eigenvalue weighted by atomic mass is 10.2. The number of benzene rings is 1. The van der Waals surface area contributed by atoms with E-state index in [1.807, 2.05) is 0 Å². The molecule has 1 aromatic heterocycles. The molecule has 23 heavy (non-hydrogen) atoms. The molecule has 3 rings (SSSR count). The highest BCUT2D eigenvalue weighted by molar-refractivity contribution is 5.76. The number of nitrogens with zero attached hydrogens (tertiary/aromatic N) is 4. The number of hydrogen-bond acceptors (Lipinski definition) is 5. The van der Waals surface area contributed by atoms with Crippen LogP contribution in [-0.4, -0.2) is 44.1 Å². The summed E-state index contributed by atoms with van der Waals surface area (Å²) in [5.41, 5.74) is 0.773. The van der Waals surface area contributed by atoms with Crippen LogP contribution >= 0.6 is 0 Å². The van der Waals surface area contributed by atoms with Crippen molar-refractivity contribution in [1.29, 1.82) is 0 Å². The molecule has 0 aliphatic carbocycles. The first kappa shape index (κ1) is 15.4. The molecule has 0 spiro atoms. The van der Waals surface area contributed by atoms with Gasteiger partial charge in [-0.25, -0.2) is 9.07 Å². The number of amides is 1. The summed E-state index contributed by atoms with van der Waals surface area (Å²) in [6.45, 7) is 2.37. The summed E-state index contributed by atoms with van der Waals surface area (Å²) in [6, 6.07) is 4.62. The van der Waals surface area contributed by atoms with E-state index in [1.54, 1.807) is 19.1 Å². The maximum Gasteiger partial charge on any atom is 0.244 e. The fourth-order valence-corrected chi connectivity index (χ4v) is 2.40. The lowest BCUT2D eigenvalue weighted by Crippen LogP contribution is -2.35. The van der Waals surface area contributed by atoms with Gasteiger partial charge in [0.05, 0.1) is 25.4 Å². The second-order valence-corrected chi connectivity index (χ2v) is 5.40. The van der Waals surface area contributed by atoms with E-state index in [0.29, 0.717) is 30.2 Å². The van der Waals surface area contributed by atoms with Crippen molar-refractivity contribution in [2.45, 2.75) is 26.1 Å². The van der Waals surface area contributed by atoms with E-state index >= 15 is 0 Å². The average Bonchev–Trinajstić information content (AvgIpc) is 2.86. The largest absolute Gasteiger partial charge is 0.491 e. The number of fused-ring (bicyclic) bond motifs is 1. The number of carbonyl (C=O) groups excluding carboxylic acids is 1. The summed E-state index contributed by atoms with van der Waals surface area (Å²) < 4.78 is 20.8. The molecule has 7 nitrogen and oxygen atoms in total. The first-order valence-electron chi connectivity index (χ1n) is 7.30. The topological polar surface area (TPSA) is 80.5 Å². The highest BCUT2D eigenvalue weighted by Crippen LogP contribution is 2.25. The number of hydrogen-bond donors (Lipinski definition) is 1. The summed E-state index contributed by atoms with van der Waals surface area (Å²) >= 11 is 0. The third-order valence-electron chi connectivity index (χ3n) is 3.68. The molecule has 1 unspecified atom stereocenters. The normalized spacial score (nSPS) is 15.5. The van der Waals surface area contributed by atoms with Crippen LogP contribution in [-0.2, 0) is 17.9 Å². The zero-order chi connectivity index (χ0) is 16.4. The lowest BCUT2D eigenvalue weighted by molar-refractivity contribution is -0.132. The minimum Gasteiger partial charge on any atom is -0.491 e. The molecule has 2 heterocycles. The van der Waals surface area contributed by atoms with Gasteiger partial charge >= 0.3 is 0 Å². The van der Waals surface area contributed by atoms with Crippen molar-refractivity contribution in [2.75, 3.05) is 13.2 Å². The maximum absolute atomic E-state index is 13.9. The number of ether oxygens (including phenoxy) is 1. The van der Waals surface area contributed by atoms with Gasteiger partial charge in [-0.05, 0) is 19.1 Å². The molecule has 122 valence electrons. The van der Waals surface area contributed by atoms with E-state index < -0.39 is 6.10 Å². The second kappa shape index (κ2) is 6.33. The van der Waals surface area contributed by atoms with Crippen molar-refractivity contribution in [3.63, 3.8) is 0 Å². The monoisotopic (exact) mass is 320 g/mol. The number of rotatable bonds is 3. The van der Waals surface area contributed by atoms with E-state index in [1.165, 1.54) is 21.8 Å². The fraction of sp³-hybridized carbons (Fsp3) is 0.400. The molecule has 1 aliphatic heterocycles. The molecule has 0 saturated heterocycles. The summed E-state index contributed by atoms with van der Waals surface area (Å²) in [7, 11) is 0. The van der Waals surface area contributed by atoms with E-state index in [0.717, 1.165) is 0 Å². The zero-order valence-electron chi connectivity index (χ0n) is 12.6. The van der Waals surface area contributed by atoms with Gasteiger partial charge in [-0.1, -0.05) is 11.3 Å². The number of halogens is 1. The van der Waals surface area contributed by atoms with Crippen LogP contribution in [0.25, 0.3) is 0 Å². The summed E-state index contributed by atoms with van der Waals surface area (Å²) in [5.74, 6) is -0.136. The predicted molar refractivity (Wildman–Crippen MR) is 78.0 cm³/mol. The standard InChI is InChI=1S/C15H17FN4O3/c1-10(21)13-8-20(18-17-13)9-15(22)19-5-6-23-14-4-2-3-12(16)11(14)7-19/h2-4,8,10,21H,5-7,9H2,1H3. The summed E-state index contributed by atoms with van der Waals surface area (Å²) in [6.07, 6.45) is 0.775. The minimum absolute atomic E-state index is 0.0243. The Kier molecular flexibility index (Phi) is 4.24. The molecule has 1 amide bonds.